The van der Waals surface area contributed by atoms with Crippen molar-refractivity contribution in [3.8, 4) is 11.5 Å². The van der Waals surface area contributed by atoms with Crippen LogP contribution in [-0.2, 0) is 11.3 Å². The second-order valence-electron chi connectivity index (χ2n) is 5.14. The second-order valence-corrected chi connectivity index (χ2v) is 5.14. The van der Waals surface area contributed by atoms with Gasteiger partial charge in [-0.25, -0.2) is 4.79 Å². The van der Waals surface area contributed by atoms with Crippen LogP contribution in [0, 0.1) is 6.92 Å². The summed E-state index contributed by atoms with van der Waals surface area (Å²) in [7, 11) is 0. The molecule has 1 aromatic carbocycles. The third-order valence-electron chi connectivity index (χ3n) is 3.22. The lowest BCUT2D eigenvalue weighted by molar-refractivity contribution is 0.0299. The predicted molar refractivity (Wildman–Crippen MR) is 81.6 cm³/mol. The van der Waals surface area contributed by atoms with Crippen LogP contribution in [0.15, 0.2) is 47.2 Å². The van der Waals surface area contributed by atoms with Gasteiger partial charge in [-0.1, -0.05) is 17.3 Å². The Hall–Kier alpha value is -2.96. The quantitative estimate of drug-likeness (QED) is 0.673. The highest BCUT2D eigenvalue weighted by Gasteiger charge is 2.19. The Kier molecular flexibility index (Phi) is 4.18. The number of ether oxygens (including phenoxy) is 1. The number of carbonyl (C=O) groups is 1. The third-order valence-corrected chi connectivity index (χ3v) is 3.22. The van der Waals surface area contributed by atoms with Gasteiger partial charge in [-0.15, -0.1) is 0 Å². The maximum atomic E-state index is 12.4. The van der Waals surface area contributed by atoms with Gasteiger partial charge in [0.25, 0.3) is 5.89 Å². The first-order chi connectivity index (χ1) is 11.1. The van der Waals surface area contributed by atoms with Crippen LogP contribution in [0.1, 0.15) is 23.1 Å². The minimum atomic E-state index is -0.434. The zero-order valence-electron chi connectivity index (χ0n) is 12.8. The maximum absolute atomic E-state index is 12.4. The highest BCUT2D eigenvalue weighted by molar-refractivity contribution is 5.96. The summed E-state index contributed by atoms with van der Waals surface area (Å²) in [4.78, 5) is 16.6. The van der Waals surface area contributed by atoms with Crippen LogP contribution < -0.4 is 0 Å². The molecule has 0 fully saturated rings. The summed E-state index contributed by atoms with van der Waals surface area (Å²) >= 11 is 0. The van der Waals surface area contributed by atoms with Crippen molar-refractivity contribution >= 4 is 5.97 Å². The third kappa shape index (κ3) is 3.45. The summed E-state index contributed by atoms with van der Waals surface area (Å²) in [5.41, 5.74) is 0.952. The molecule has 3 aromatic rings. The van der Waals surface area contributed by atoms with Gasteiger partial charge in [0.05, 0.1) is 17.7 Å². The normalized spacial score (nSPS) is 12.1. The molecule has 0 spiro atoms. The smallest absolute Gasteiger partial charge is 0.339 e. The van der Waals surface area contributed by atoms with E-state index in [4.69, 9.17) is 9.26 Å². The van der Waals surface area contributed by atoms with Crippen LogP contribution in [0.3, 0.4) is 0 Å². The molecule has 7 heteroatoms. The van der Waals surface area contributed by atoms with Crippen molar-refractivity contribution in [2.75, 3.05) is 0 Å². The van der Waals surface area contributed by atoms with Gasteiger partial charge >= 0.3 is 5.97 Å². The maximum Gasteiger partial charge on any atom is 0.339 e. The molecule has 23 heavy (non-hydrogen) atoms. The summed E-state index contributed by atoms with van der Waals surface area (Å²) in [6, 6.07) is 8.82. The molecule has 0 unspecified atom stereocenters. The summed E-state index contributed by atoms with van der Waals surface area (Å²) < 4.78 is 12.4. The van der Waals surface area contributed by atoms with E-state index in [0.717, 1.165) is 0 Å². The number of esters is 1. The van der Waals surface area contributed by atoms with Crippen LogP contribution in [0.25, 0.3) is 11.5 Å². The van der Waals surface area contributed by atoms with Crippen molar-refractivity contribution in [1.82, 2.24) is 19.9 Å². The SMILES string of the molecule is Cc1noc(-c2ccccc2C(=O)O[C@@H](C)Cn2cccn2)n1. The van der Waals surface area contributed by atoms with Gasteiger partial charge in [0.15, 0.2) is 5.82 Å². The van der Waals surface area contributed by atoms with E-state index >= 15 is 0 Å². The van der Waals surface area contributed by atoms with E-state index in [9.17, 15) is 4.79 Å². The zero-order valence-corrected chi connectivity index (χ0v) is 12.8. The fourth-order valence-electron chi connectivity index (χ4n) is 2.21. The molecule has 0 aliphatic carbocycles. The molecular weight excluding hydrogens is 296 g/mol. The van der Waals surface area contributed by atoms with Gasteiger partial charge in [0, 0.05) is 12.4 Å². The van der Waals surface area contributed by atoms with Gasteiger partial charge in [-0.3, -0.25) is 4.68 Å². The largest absolute Gasteiger partial charge is 0.457 e. The predicted octanol–water partition coefficient (Wildman–Crippen LogP) is 2.49. The lowest BCUT2D eigenvalue weighted by atomic mass is 10.1. The van der Waals surface area contributed by atoms with E-state index in [0.29, 0.717) is 29.4 Å². The molecule has 0 bridgehead atoms. The number of aromatic nitrogens is 4. The highest BCUT2D eigenvalue weighted by atomic mass is 16.5. The molecule has 2 heterocycles. The molecule has 0 radical (unpaired) electrons. The van der Waals surface area contributed by atoms with Crippen molar-refractivity contribution in [3.63, 3.8) is 0 Å². The van der Waals surface area contributed by atoms with Crippen molar-refractivity contribution in [3.05, 3.63) is 54.1 Å². The molecule has 7 nitrogen and oxygen atoms in total. The average molecular weight is 312 g/mol. The summed E-state index contributed by atoms with van der Waals surface area (Å²) in [5.74, 6) is 0.376. The van der Waals surface area contributed by atoms with Crippen LogP contribution in [0.4, 0.5) is 0 Å². The van der Waals surface area contributed by atoms with E-state index in [2.05, 4.69) is 15.2 Å². The summed E-state index contributed by atoms with van der Waals surface area (Å²) in [6.07, 6.45) is 3.18. The number of aryl methyl sites for hydroxylation is 1. The van der Waals surface area contributed by atoms with Gasteiger partial charge < -0.3 is 9.26 Å². The second kappa shape index (κ2) is 6.43. The van der Waals surface area contributed by atoms with Gasteiger partial charge in [0.2, 0.25) is 0 Å². The van der Waals surface area contributed by atoms with Crippen LogP contribution >= 0.6 is 0 Å². The fraction of sp³-hybridized carbons (Fsp3) is 0.250. The highest BCUT2D eigenvalue weighted by Crippen LogP contribution is 2.23. The first kappa shape index (κ1) is 15.0. The molecule has 3 rings (SSSR count). The summed E-state index contributed by atoms with van der Waals surface area (Å²) in [5, 5.41) is 7.85. The Bertz CT molecular complexity index is 795. The van der Waals surface area contributed by atoms with Crippen LogP contribution in [0.5, 0.6) is 0 Å². The molecule has 0 aliphatic heterocycles. The van der Waals surface area contributed by atoms with Crippen LogP contribution in [0.2, 0.25) is 0 Å². The number of hydrogen-bond donors (Lipinski definition) is 0. The van der Waals surface area contributed by atoms with E-state index in [1.165, 1.54) is 0 Å². The monoisotopic (exact) mass is 312 g/mol. The van der Waals surface area contributed by atoms with Crippen molar-refractivity contribution in [1.29, 1.82) is 0 Å². The number of hydrogen-bond acceptors (Lipinski definition) is 6. The standard InChI is InChI=1S/C16H16N4O3/c1-11(10-20-9-5-8-17-20)22-16(21)14-7-4-3-6-13(14)15-18-12(2)19-23-15/h3-9,11H,10H2,1-2H3/t11-/m0/s1. The topological polar surface area (TPSA) is 83.0 Å². The first-order valence-corrected chi connectivity index (χ1v) is 7.21. The molecule has 0 saturated heterocycles. The van der Waals surface area contributed by atoms with Crippen molar-refractivity contribution in [2.45, 2.75) is 26.5 Å². The van der Waals surface area contributed by atoms with Gasteiger partial charge in [-0.2, -0.15) is 10.1 Å². The molecule has 0 amide bonds. The minimum absolute atomic E-state index is 0.301. The fourth-order valence-corrected chi connectivity index (χ4v) is 2.21. The molecule has 0 saturated carbocycles. The van der Waals surface area contributed by atoms with Crippen LogP contribution in [-0.4, -0.2) is 32.0 Å². The van der Waals surface area contributed by atoms with Crippen molar-refractivity contribution < 1.29 is 14.1 Å². The number of benzene rings is 1. The van der Waals surface area contributed by atoms with E-state index < -0.39 is 5.97 Å². The number of rotatable bonds is 5. The number of carbonyl (C=O) groups excluding carboxylic acids is 1. The average Bonchev–Trinajstić information content (AvgIpc) is 3.18. The molecule has 1 atom stereocenters. The minimum Gasteiger partial charge on any atom is -0.457 e. The lowest BCUT2D eigenvalue weighted by Crippen LogP contribution is -2.21. The summed E-state index contributed by atoms with van der Waals surface area (Å²) in [6.45, 7) is 4.03. The van der Waals surface area contributed by atoms with Gasteiger partial charge in [-0.05, 0) is 32.0 Å². The van der Waals surface area contributed by atoms with Gasteiger partial charge in [0.1, 0.15) is 6.10 Å². The Balaban J connectivity index is 1.77. The Labute approximate surface area is 132 Å². The molecular formula is C16H16N4O3. The Morgan fingerprint density at radius 2 is 2.17 bits per heavy atom. The van der Waals surface area contributed by atoms with E-state index in [-0.39, 0.29) is 6.10 Å². The van der Waals surface area contributed by atoms with Crippen molar-refractivity contribution in [2.24, 2.45) is 0 Å². The zero-order chi connectivity index (χ0) is 16.2. The number of nitrogens with zero attached hydrogens (tertiary/aromatic N) is 4. The first-order valence-electron chi connectivity index (χ1n) is 7.21. The van der Waals surface area contributed by atoms with E-state index in [1.807, 2.05) is 19.2 Å². The Morgan fingerprint density at radius 1 is 1.35 bits per heavy atom. The molecule has 0 N–H and O–H groups in total. The lowest BCUT2D eigenvalue weighted by Gasteiger charge is -2.14. The molecule has 2 aromatic heterocycles. The molecule has 118 valence electrons. The Morgan fingerprint density at radius 3 is 2.87 bits per heavy atom. The molecule has 0 aliphatic rings. The van der Waals surface area contributed by atoms with E-state index in [1.54, 1.807) is 42.1 Å².